The molecule has 0 rings (SSSR count). The molecular weight excluding hydrogens is 176 g/mol. The maximum absolute atomic E-state index is 10.2. The zero-order valence-corrected chi connectivity index (χ0v) is 5.81. The van der Waals surface area contributed by atoms with E-state index in [2.05, 4.69) is 15.9 Å². The molecule has 0 aromatic rings. The summed E-state index contributed by atoms with van der Waals surface area (Å²) in [6.45, 7) is 1.47. The molecule has 0 bridgehead atoms. The molecule has 0 amide bonds. The van der Waals surface area contributed by atoms with E-state index in [9.17, 15) is 9.59 Å². The first-order chi connectivity index (χ1) is 3.55. The topological polar surface area (TPSA) is 54.4 Å². The van der Waals surface area contributed by atoms with Gasteiger partial charge in [-0.2, -0.15) is 0 Å². The molecule has 0 aromatic heterocycles. The molecule has 0 aliphatic heterocycles. The number of hydrogen-bond donors (Lipinski definition) is 1. The Morgan fingerprint density at radius 1 is 1.62 bits per heavy atom. The summed E-state index contributed by atoms with van der Waals surface area (Å²) in [5, 5.41) is 7.97. The summed E-state index contributed by atoms with van der Waals surface area (Å²) in [6.07, 6.45) is 0. The van der Waals surface area contributed by atoms with Crippen molar-refractivity contribution in [2.45, 2.75) is 11.8 Å². The second-order valence-electron chi connectivity index (χ2n) is 1.29. The minimum atomic E-state index is -1.39. The summed E-state index contributed by atoms with van der Waals surface area (Å²) in [5.74, 6) is -2.21. The van der Waals surface area contributed by atoms with Gasteiger partial charge in [-0.3, -0.25) is 4.79 Å². The lowest BCUT2D eigenvalue weighted by Gasteiger charge is -1.91. The summed E-state index contributed by atoms with van der Waals surface area (Å²) in [5.41, 5.74) is 0. The SMILES string of the molecule is CC(Br)C(=O)C(=O)O. The van der Waals surface area contributed by atoms with Crippen LogP contribution >= 0.6 is 15.9 Å². The first-order valence-electron chi connectivity index (χ1n) is 1.97. The van der Waals surface area contributed by atoms with Crippen molar-refractivity contribution >= 4 is 27.7 Å². The number of carbonyl (C=O) groups is 2. The smallest absolute Gasteiger partial charge is 0.373 e. The highest BCUT2D eigenvalue weighted by Gasteiger charge is 2.16. The number of Topliss-reactive ketones (excluding diaryl/α,β-unsaturated/α-hetero) is 1. The standard InChI is InChI=1S/C4H5BrO3/c1-2(5)3(6)4(7)8/h2H,1H3,(H,7,8). The molecule has 1 unspecified atom stereocenters. The molecule has 8 heavy (non-hydrogen) atoms. The highest BCUT2D eigenvalue weighted by atomic mass is 79.9. The number of halogens is 1. The van der Waals surface area contributed by atoms with E-state index in [0.717, 1.165) is 0 Å². The van der Waals surface area contributed by atoms with E-state index in [4.69, 9.17) is 5.11 Å². The van der Waals surface area contributed by atoms with Crippen LogP contribution in [0.15, 0.2) is 0 Å². The number of alkyl halides is 1. The lowest BCUT2D eigenvalue weighted by molar-refractivity contribution is -0.148. The minimum absolute atomic E-state index is 0.583. The monoisotopic (exact) mass is 180 g/mol. The molecule has 0 aliphatic rings. The van der Waals surface area contributed by atoms with Gasteiger partial charge in [-0.1, -0.05) is 15.9 Å². The highest BCUT2D eigenvalue weighted by Crippen LogP contribution is 1.97. The van der Waals surface area contributed by atoms with Crippen LogP contribution in [0.3, 0.4) is 0 Å². The van der Waals surface area contributed by atoms with Crippen LogP contribution in [0.2, 0.25) is 0 Å². The predicted octanol–water partition coefficient (Wildman–Crippen LogP) is 0.423. The average Bonchev–Trinajstić information content (AvgIpc) is 1.64. The number of aliphatic carboxylic acids is 1. The van der Waals surface area contributed by atoms with E-state index in [1.807, 2.05) is 0 Å². The van der Waals surface area contributed by atoms with Gasteiger partial charge in [0.25, 0.3) is 5.78 Å². The molecule has 0 aliphatic carbocycles. The van der Waals surface area contributed by atoms with Gasteiger partial charge in [0.1, 0.15) is 0 Å². The van der Waals surface area contributed by atoms with Gasteiger partial charge in [-0.15, -0.1) is 0 Å². The molecule has 46 valence electrons. The number of carbonyl (C=O) groups excluding carboxylic acids is 1. The fraction of sp³-hybridized carbons (Fsp3) is 0.500. The molecule has 0 heterocycles. The third kappa shape index (κ3) is 2.07. The van der Waals surface area contributed by atoms with E-state index in [1.54, 1.807) is 0 Å². The Labute approximate surface area is 54.8 Å². The quantitative estimate of drug-likeness (QED) is 0.496. The lowest BCUT2D eigenvalue weighted by Crippen LogP contribution is -2.20. The predicted molar refractivity (Wildman–Crippen MR) is 31.0 cm³/mol. The number of carboxylic acid groups (broad SMARTS) is 1. The zero-order chi connectivity index (χ0) is 6.73. The molecule has 1 N–H and O–H groups in total. The maximum atomic E-state index is 10.2. The Balaban J connectivity index is 3.84. The van der Waals surface area contributed by atoms with E-state index in [0.29, 0.717) is 0 Å². The molecule has 0 spiro atoms. The highest BCUT2D eigenvalue weighted by molar-refractivity contribution is 9.10. The van der Waals surface area contributed by atoms with Gasteiger partial charge in [0.2, 0.25) is 0 Å². The number of carboxylic acids is 1. The van der Waals surface area contributed by atoms with Gasteiger partial charge in [-0.05, 0) is 6.92 Å². The third-order valence-corrected chi connectivity index (χ3v) is 0.988. The van der Waals surface area contributed by atoms with Crippen molar-refractivity contribution < 1.29 is 14.7 Å². The molecule has 0 radical (unpaired) electrons. The Morgan fingerprint density at radius 2 is 2.00 bits per heavy atom. The fourth-order valence-corrected chi connectivity index (χ4v) is 0.366. The first kappa shape index (κ1) is 7.62. The normalized spacial score (nSPS) is 12.8. The summed E-state index contributed by atoms with van der Waals surface area (Å²) in [7, 11) is 0. The number of ketones is 1. The van der Waals surface area contributed by atoms with Crippen molar-refractivity contribution in [3.05, 3.63) is 0 Å². The Morgan fingerprint density at radius 3 is 2.00 bits per heavy atom. The molecular formula is C4H5BrO3. The second kappa shape index (κ2) is 2.81. The number of hydrogen-bond acceptors (Lipinski definition) is 2. The van der Waals surface area contributed by atoms with Crippen LogP contribution in [-0.2, 0) is 9.59 Å². The third-order valence-electron chi connectivity index (χ3n) is 0.572. The van der Waals surface area contributed by atoms with Crippen molar-refractivity contribution in [1.82, 2.24) is 0 Å². The summed E-state index contributed by atoms with van der Waals surface area (Å²) < 4.78 is 0. The Bertz CT molecular complexity index is 118. The molecule has 3 nitrogen and oxygen atoms in total. The van der Waals surface area contributed by atoms with Gasteiger partial charge >= 0.3 is 5.97 Å². The second-order valence-corrected chi connectivity index (χ2v) is 2.66. The van der Waals surface area contributed by atoms with Crippen LogP contribution in [0.5, 0.6) is 0 Å². The molecule has 0 fully saturated rings. The van der Waals surface area contributed by atoms with Gasteiger partial charge in [-0.25, -0.2) is 4.79 Å². The van der Waals surface area contributed by atoms with Gasteiger partial charge < -0.3 is 5.11 Å². The Kier molecular flexibility index (Phi) is 2.68. The van der Waals surface area contributed by atoms with Gasteiger partial charge in [0.05, 0.1) is 4.83 Å². The molecule has 1 atom stereocenters. The van der Waals surface area contributed by atoms with Crippen LogP contribution in [0.1, 0.15) is 6.92 Å². The van der Waals surface area contributed by atoms with Gasteiger partial charge in [0, 0.05) is 0 Å². The van der Waals surface area contributed by atoms with Crippen LogP contribution in [0.25, 0.3) is 0 Å². The molecule has 0 saturated heterocycles. The molecule has 0 aromatic carbocycles. The van der Waals surface area contributed by atoms with E-state index in [-0.39, 0.29) is 0 Å². The van der Waals surface area contributed by atoms with Crippen molar-refractivity contribution in [1.29, 1.82) is 0 Å². The fourth-order valence-electron chi connectivity index (χ4n) is 0.170. The first-order valence-corrected chi connectivity index (χ1v) is 2.88. The lowest BCUT2D eigenvalue weighted by atomic mass is 10.3. The van der Waals surface area contributed by atoms with Crippen molar-refractivity contribution in [3.8, 4) is 0 Å². The van der Waals surface area contributed by atoms with Gasteiger partial charge in [0.15, 0.2) is 0 Å². The summed E-state index contributed by atoms with van der Waals surface area (Å²) in [4.78, 5) is 19.4. The van der Waals surface area contributed by atoms with Crippen molar-refractivity contribution in [3.63, 3.8) is 0 Å². The molecule has 4 heteroatoms. The van der Waals surface area contributed by atoms with E-state index < -0.39 is 16.6 Å². The van der Waals surface area contributed by atoms with E-state index >= 15 is 0 Å². The maximum Gasteiger partial charge on any atom is 0.373 e. The molecule has 0 saturated carbocycles. The van der Waals surface area contributed by atoms with Crippen LogP contribution in [0, 0.1) is 0 Å². The van der Waals surface area contributed by atoms with Crippen molar-refractivity contribution in [2.24, 2.45) is 0 Å². The van der Waals surface area contributed by atoms with Crippen molar-refractivity contribution in [2.75, 3.05) is 0 Å². The summed E-state index contributed by atoms with van der Waals surface area (Å²) in [6, 6.07) is 0. The van der Waals surface area contributed by atoms with Crippen LogP contribution in [-0.4, -0.2) is 21.7 Å². The number of rotatable bonds is 2. The zero-order valence-electron chi connectivity index (χ0n) is 4.22. The summed E-state index contributed by atoms with van der Waals surface area (Å²) >= 11 is 2.81. The average molecular weight is 181 g/mol. The Hall–Kier alpha value is -0.380. The largest absolute Gasteiger partial charge is 0.475 e. The minimum Gasteiger partial charge on any atom is -0.475 e. The van der Waals surface area contributed by atoms with Crippen LogP contribution in [0.4, 0.5) is 0 Å². The van der Waals surface area contributed by atoms with E-state index in [1.165, 1.54) is 6.92 Å². The van der Waals surface area contributed by atoms with Crippen LogP contribution < -0.4 is 0 Å².